The summed E-state index contributed by atoms with van der Waals surface area (Å²) in [7, 11) is 0. The van der Waals surface area contributed by atoms with E-state index in [-0.39, 0.29) is 24.4 Å². The van der Waals surface area contributed by atoms with Crippen molar-refractivity contribution in [2.75, 3.05) is 18.5 Å². The molecule has 1 aromatic carbocycles. The molecule has 0 radical (unpaired) electrons. The Balaban J connectivity index is 2.22. The van der Waals surface area contributed by atoms with Crippen LogP contribution in [0, 0.1) is 11.7 Å². The van der Waals surface area contributed by atoms with Gasteiger partial charge < -0.3 is 15.7 Å². The molecule has 1 unspecified atom stereocenters. The molecule has 5 heteroatoms. The highest BCUT2D eigenvalue weighted by Crippen LogP contribution is 2.08. The Labute approximate surface area is 106 Å². The maximum Gasteiger partial charge on any atom is 0.319 e. The predicted molar refractivity (Wildman–Crippen MR) is 68.9 cm³/mol. The quantitative estimate of drug-likeness (QED) is 0.682. The maximum absolute atomic E-state index is 12.9. The Morgan fingerprint density at radius 1 is 1.50 bits per heavy atom. The number of aliphatic hydroxyl groups excluding tert-OH is 1. The molecular formula is C13H19FN2O2. The summed E-state index contributed by atoms with van der Waals surface area (Å²) in [4.78, 5) is 11.4. The number of benzene rings is 1. The summed E-state index contributed by atoms with van der Waals surface area (Å²) < 4.78 is 12.9. The molecule has 1 atom stereocenters. The third-order valence-corrected chi connectivity index (χ3v) is 2.55. The highest BCUT2D eigenvalue weighted by atomic mass is 19.1. The average molecular weight is 254 g/mol. The molecule has 0 saturated carbocycles. The van der Waals surface area contributed by atoms with E-state index < -0.39 is 0 Å². The van der Waals surface area contributed by atoms with Crippen molar-refractivity contribution < 1.29 is 14.3 Å². The number of amides is 2. The fraction of sp³-hybridized carbons (Fsp3) is 0.462. The van der Waals surface area contributed by atoms with Crippen LogP contribution in [0.25, 0.3) is 0 Å². The number of anilines is 1. The molecule has 18 heavy (non-hydrogen) atoms. The van der Waals surface area contributed by atoms with E-state index in [1.165, 1.54) is 18.2 Å². The van der Waals surface area contributed by atoms with E-state index in [4.69, 9.17) is 5.11 Å². The largest absolute Gasteiger partial charge is 0.396 e. The number of carbonyl (C=O) groups is 1. The van der Waals surface area contributed by atoms with E-state index in [1.54, 1.807) is 6.07 Å². The summed E-state index contributed by atoms with van der Waals surface area (Å²) in [6.07, 6.45) is 1.66. The number of halogens is 1. The van der Waals surface area contributed by atoms with Crippen molar-refractivity contribution in [3.05, 3.63) is 30.1 Å². The van der Waals surface area contributed by atoms with E-state index >= 15 is 0 Å². The second-order valence-corrected chi connectivity index (χ2v) is 4.32. The van der Waals surface area contributed by atoms with Crippen LogP contribution >= 0.6 is 0 Å². The zero-order chi connectivity index (χ0) is 13.4. The maximum atomic E-state index is 12.9. The lowest BCUT2D eigenvalue weighted by atomic mass is 10.1. The lowest BCUT2D eigenvalue weighted by Crippen LogP contribution is -2.29. The van der Waals surface area contributed by atoms with Gasteiger partial charge in [-0.15, -0.1) is 0 Å². The summed E-state index contributed by atoms with van der Waals surface area (Å²) >= 11 is 0. The molecule has 0 aliphatic heterocycles. The molecule has 0 fully saturated rings. The normalized spacial score (nSPS) is 11.9. The minimum Gasteiger partial charge on any atom is -0.396 e. The van der Waals surface area contributed by atoms with Gasteiger partial charge in [-0.2, -0.15) is 0 Å². The number of urea groups is 1. The molecule has 0 aliphatic carbocycles. The predicted octanol–water partition coefficient (Wildman–Crippen LogP) is 2.36. The molecule has 100 valence electrons. The molecular weight excluding hydrogens is 235 g/mol. The van der Waals surface area contributed by atoms with Gasteiger partial charge in [-0.05, 0) is 37.0 Å². The Hall–Kier alpha value is -1.62. The highest BCUT2D eigenvalue weighted by molar-refractivity contribution is 5.89. The molecule has 0 bridgehead atoms. The summed E-state index contributed by atoms with van der Waals surface area (Å²) in [5, 5.41) is 14.1. The Morgan fingerprint density at radius 2 is 2.28 bits per heavy atom. The molecule has 2 amide bonds. The molecule has 0 heterocycles. The fourth-order valence-electron chi connectivity index (χ4n) is 1.49. The number of carbonyl (C=O) groups excluding carboxylic acids is 1. The van der Waals surface area contributed by atoms with Crippen molar-refractivity contribution >= 4 is 11.7 Å². The van der Waals surface area contributed by atoms with Crippen molar-refractivity contribution in [3.8, 4) is 0 Å². The van der Waals surface area contributed by atoms with Gasteiger partial charge >= 0.3 is 6.03 Å². The van der Waals surface area contributed by atoms with E-state index in [9.17, 15) is 9.18 Å². The third kappa shape index (κ3) is 5.63. The number of rotatable bonds is 6. The third-order valence-electron chi connectivity index (χ3n) is 2.55. The molecule has 3 N–H and O–H groups in total. The SMILES string of the molecule is CC(CO)CCCNC(=O)Nc1cccc(F)c1. The van der Waals surface area contributed by atoms with Crippen LogP contribution in [0.3, 0.4) is 0 Å². The van der Waals surface area contributed by atoms with E-state index in [0.29, 0.717) is 12.2 Å². The zero-order valence-electron chi connectivity index (χ0n) is 10.4. The van der Waals surface area contributed by atoms with Crippen molar-refractivity contribution in [2.24, 2.45) is 5.92 Å². The van der Waals surface area contributed by atoms with Crippen LogP contribution in [0.2, 0.25) is 0 Å². The lowest BCUT2D eigenvalue weighted by Gasteiger charge is -2.09. The topological polar surface area (TPSA) is 61.4 Å². The van der Waals surface area contributed by atoms with E-state index in [2.05, 4.69) is 10.6 Å². The first-order chi connectivity index (χ1) is 8.61. The van der Waals surface area contributed by atoms with Gasteiger partial charge in [-0.3, -0.25) is 0 Å². The van der Waals surface area contributed by atoms with Crippen LogP contribution in [-0.2, 0) is 0 Å². The Morgan fingerprint density at radius 3 is 2.94 bits per heavy atom. The van der Waals surface area contributed by atoms with Crippen LogP contribution in [0.4, 0.5) is 14.9 Å². The average Bonchev–Trinajstić information content (AvgIpc) is 2.34. The van der Waals surface area contributed by atoms with Crippen LogP contribution < -0.4 is 10.6 Å². The van der Waals surface area contributed by atoms with Crippen LogP contribution in [0.1, 0.15) is 19.8 Å². The number of hydrogen-bond donors (Lipinski definition) is 3. The first-order valence-electron chi connectivity index (χ1n) is 6.03. The van der Waals surface area contributed by atoms with Gasteiger partial charge in [0.1, 0.15) is 5.82 Å². The molecule has 1 aromatic rings. The first kappa shape index (κ1) is 14.4. The van der Waals surface area contributed by atoms with Gasteiger partial charge in [0.05, 0.1) is 0 Å². The lowest BCUT2D eigenvalue weighted by molar-refractivity contribution is 0.227. The summed E-state index contributed by atoms with van der Waals surface area (Å²) in [5.41, 5.74) is 0.427. The van der Waals surface area contributed by atoms with Gasteiger partial charge in [0, 0.05) is 18.8 Å². The standard InChI is InChI=1S/C13H19FN2O2/c1-10(9-17)4-3-7-15-13(18)16-12-6-2-5-11(14)8-12/h2,5-6,8,10,17H,3-4,7,9H2,1H3,(H2,15,16,18). The number of nitrogens with one attached hydrogen (secondary N) is 2. The second-order valence-electron chi connectivity index (χ2n) is 4.32. The van der Waals surface area contributed by atoms with E-state index in [1.807, 2.05) is 6.92 Å². The molecule has 4 nitrogen and oxygen atoms in total. The Kier molecular flexibility index (Phi) is 6.14. The fourth-order valence-corrected chi connectivity index (χ4v) is 1.49. The minimum atomic E-state index is -0.385. The van der Waals surface area contributed by atoms with Crippen LogP contribution in [0.5, 0.6) is 0 Å². The van der Waals surface area contributed by atoms with Gasteiger partial charge in [0.2, 0.25) is 0 Å². The molecule has 0 aliphatic rings. The zero-order valence-corrected chi connectivity index (χ0v) is 10.4. The number of hydrogen-bond acceptors (Lipinski definition) is 2. The van der Waals surface area contributed by atoms with Gasteiger partial charge in [0.25, 0.3) is 0 Å². The smallest absolute Gasteiger partial charge is 0.319 e. The highest BCUT2D eigenvalue weighted by Gasteiger charge is 2.03. The van der Waals surface area contributed by atoms with Crippen LogP contribution in [-0.4, -0.2) is 24.3 Å². The van der Waals surface area contributed by atoms with Crippen molar-refractivity contribution in [1.29, 1.82) is 0 Å². The Bertz CT molecular complexity index is 385. The molecule has 0 aromatic heterocycles. The van der Waals surface area contributed by atoms with Crippen molar-refractivity contribution in [3.63, 3.8) is 0 Å². The molecule has 0 spiro atoms. The van der Waals surface area contributed by atoms with Crippen molar-refractivity contribution in [1.82, 2.24) is 5.32 Å². The number of aliphatic hydroxyl groups is 1. The van der Waals surface area contributed by atoms with Gasteiger partial charge in [-0.25, -0.2) is 9.18 Å². The van der Waals surface area contributed by atoms with E-state index in [0.717, 1.165) is 12.8 Å². The first-order valence-corrected chi connectivity index (χ1v) is 6.03. The van der Waals surface area contributed by atoms with Gasteiger partial charge in [-0.1, -0.05) is 13.0 Å². The summed E-state index contributed by atoms with van der Waals surface area (Å²) in [5.74, 6) is -0.136. The molecule has 0 saturated heterocycles. The second kappa shape index (κ2) is 7.66. The minimum absolute atomic E-state index is 0.162. The van der Waals surface area contributed by atoms with Crippen molar-refractivity contribution in [2.45, 2.75) is 19.8 Å². The summed E-state index contributed by atoms with van der Waals surface area (Å²) in [6.45, 7) is 2.65. The van der Waals surface area contributed by atoms with Crippen LogP contribution in [0.15, 0.2) is 24.3 Å². The van der Waals surface area contributed by atoms with Gasteiger partial charge in [0.15, 0.2) is 0 Å². The monoisotopic (exact) mass is 254 g/mol. The summed E-state index contributed by atoms with van der Waals surface area (Å²) in [6, 6.07) is 5.38. The molecule has 1 rings (SSSR count).